The Kier molecular flexibility index (Phi) is 6.17. The zero-order chi connectivity index (χ0) is 26.4. The highest BCUT2D eigenvalue weighted by Gasteiger charge is 2.46. The van der Waals surface area contributed by atoms with Gasteiger partial charge in [-0.25, -0.2) is 9.67 Å². The third kappa shape index (κ3) is 4.65. The van der Waals surface area contributed by atoms with Crippen LogP contribution in [-0.2, 0) is 10.3 Å². The molecule has 2 aliphatic rings. The number of amides is 1. The minimum atomic E-state index is -4.53. The van der Waals surface area contributed by atoms with Crippen LogP contribution in [0.5, 0.6) is 5.75 Å². The van der Waals surface area contributed by atoms with Crippen molar-refractivity contribution >= 4 is 5.91 Å². The number of methoxy groups -OCH3 is 1. The molecule has 0 radical (unpaired) electrons. The summed E-state index contributed by atoms with van der Waals surface area (Å²) in [7, 11) is 1.56. The highest BCUT2D eigenvalue weighted by molar-refractivity contribution is 5.86. The summed E-state index contributed by atoms with van der Waals surface area (Å²) in [6.07, 6.45) is 6.18. The largest absolute Gasteiger partial charge is 0.495 e. The summed E-state index contributed by atoms with van der Waals surface area (Å²) in [6.45, 7) is 2.19. The van der Waals surface area contributed by atoms with Crippen molar-refractivity contribution in [1.82, 2.24) is 29.4 Å². The van der Waals surface area contributed by atoms with E-state index in [0.717, 1.165) is 21.9 Å². The number of rotatable bonds is 5. The summed E-state index contributed by atoms with van der Waals surface area (Å²) < 4.78 is 49.4. The molecule has 0 bridgehead atoms. The van der Waals surface area contributed by atoms with E-state index in [1.807, 2.05) is 42.0 Å². The third-order valence-corrected chi connectivity index (χ3v) is 6.95. The van der Waals surface area contributed by atoms with Gasteiger partial charge in [-0.2, -0.15) is 13.2 Å². The number of alkyl halides is 3. The van der Waals surface area contributed by atoms with Gasteiger partial charge in [0.15, 0.2) is 0 Å². The maximum Gasteiger partial charge on any atom is 0.406 e. The number of benzene rings is 1. The van der Waals surface area contributed by atoms with Gasteiger partial charge in [0.1, 0.15) is 23.5 Å². The predicted molar refractivity (Wildman–Crippen MR) is 130 cm³/mol. The van der Waals surface area contributed by atoms with Crippen LogP contribution in [0.2, 0.25) is 0 Å². The fourth-order valence-corrected chi connectivity index (χ4v) is 4.94. The van der Waals surface area contributed by atoms with Crippen LogP contribution in [0.15, 0.2) is 60.3 Å². The molecular weight excluding hydrogens is 485 g/mol. The number of nitrogens with zero attached hydrogens (tertiary/aromatic N) is 6. The molecule has 1 aromatic carbocycles. The molecule has 0 saturated heterocycles. The van der Waals surface area contributed by atoms with Gasteiger partial charge in [0.2, 0.25) is 0 Å². The van der Waals surface area contributed by atoms with Crippen molar-refractivity contribution in [1.29, 1.82) is 0 Å². The molecule has 8 nitrogen and oxygen atoms in total. The monoisotopic (exact) mass is 512 g/mol. The lowest BCUT2D eigenvalue weighted by Crippen LogP contribution is -2.50. The maximum atomic E-state index is 13.7. The molecule has 0 unspecified atom stereocenters. The Hall–Kier alpha value is -3.89. The summed E-state index contributed by atoms with van der Waals surface area (Å²) in [5.74, 6) is -0.0498. The lowest BCUT2D eigenvalue weighted by molar-refractivity contribution is -0.163. The molecule has 1 amide bonds. The number of aryl methyl sites for hydroxylation is 1. The van der Waals surface area contributed by atoms with Gasteiger partial charge in [0, 0.05) is 17.5 Å². The number of ether oxygens (including phenoxy) is 1. The Balaban J connectivity index is 1.49. The van der Waals surface area contributed by atoms with Crippen LogP contribution in [0.3, 0.4) is 0 Å². The van der Waals surface area contributed by atoms with Crippen molar-refractivity contribution < 1.29 is 22.7 Å². The van der Waals surface area contributed by atoms with E-state index in [4.69, 9.17) is 4.74 Å². The minimum Gasteiger partial charge on any atom is -0.495 e. The molecule has 1 atom stereocenters. The van der Waals surface area contributed by atoms with Gasteiger partial charge < -0.3 is 14.2 Å². The molecule has 194 valence electrons. The lowest BCUT2D eigenvalue weighted by Gasteiger charge is -2.34. The molecule has 11 heteroatoms. The first-order valence-corrected chi connectivity index (χ1v) is 12.0. The average molecular weight is 513 g/mol. The Bertz CT molecular complexity index is 1400. The van der Waals surface area contributed by atoms with Crippen LogP contribution < -0.4 is 4.74 Å². The molecule has 1 aliphatic heterocycles. The number of hydrogen-bond acceptors (Lipinski definition) is 5. The molecule has 0 N–H and O–H groups in total. The molecule has 0 fully saturated rings. The van der Waals surface area contributed by atoms with Crippen molar-refractivity contribution in [2.24, 2.45) is 0 Å². The van der Waals surface area contributed by atoms with Gasteiger partial charge >= 0.3 is 6.18 Å². The number of imidazole rings is 1. The first-order chi connectivity index (χ1) is 17.6. The fourth-order valence-electron chi connectivity index (χ4n) is 4.94. The number of halogens is 3. The van der Waals surface area contributed by atoms with Crippen molar-refractivity contribution in [3.05, 3.63) is 66.0 Å². The van der Waals surface area contributed by atoms with Crippen LogP contribution in [0.4, 0.5) is 13.2 Å². The summed E-state index contributed by atoms with van der Waals surface area (Å²) in [5.41, 5.74) is 2.71. The maximum absolute atomic E-state index is 13.7. The first kappa shape index (κ1) is 24.8. The quantitative estimate of drug-likeness (QED) is 0.483. The van der Waals surface area contributed by atoms with Crippen LogP contribution in [-0.4, -0.2) is 55.2 Å². The van der Waals surface area contributed by atoms with Gasteiger partial charge in [0.25, 0.3) is 5.91 Å². The highest BCUT2D eigenvalue weighted by atomic mass is 19.4. The average Bonchev–Trinajstić information content (AvgIpc) is 3.52. The molecule has 2 aromatic heterocycles. The van der Waals surface area contributed by atoms with Crippen molar-refractivity contribution in [3.8, 4) is 22.7 Å². The topological polar surface area (TPSA) is 78.1 Å². The Labute approximate surface area is 212 Å². The summed E-state index contributed by atoms with van der Waals surface area (Å²) >= 11 is 0. The summed E-state index contributed by atoms with van der Waals surface area (Å²) in [4.78, 5) is 18.9. The number of carbonyl (C=O) groups is 1. The SMILES string of the molecule is COc1cc(-c2cn([C@@]3(C)CCC4=C(CCC=C4)N(CC(F)(F)F)C3=O)nn2)ccc1-n1cnc(C)c1. The van der Waals surface area contributed by atoms with Crippen LogP contribution in [0, 0.1) is 6.92 Å². The van der Waals surface area contributed by atoms with Crippen molar-refractivity contribution in [3.63, 3.8) is 0 Å². The van der Waals surface area contributed by atoms with E-state index < -0.39 is 24.2 Å². The minimum absolute atomic E-state index is 0.300. The Morgan fingerprint density at radius 1 is 1.19 bits per heavy atom. The van der Waals surface area contributed by atoms with Crippen LogP contribution in [0.1, 0.15) is 38.3 Å². The molecule has 37 heavy (non-hydrogen) atoms. The highest BCUT2D eigenvalue weighted by Crippen LogP contribution is 2.39. The smallest absolute Gasteiger partial charge is 0.406 e. The van der Waals surface area contributed by atoms with Crippen molar-refractivity contribution in [2.75, 3.05) is 13.7 Å². The van der Waals surface area contributed by atoms with Crippen LogP contribution in [0.25, 0.3) is 16.9 Å². The van der Waals surface area contributed by atoms with Gasteiger partial charge in [-0.05, 0) is 57.2 Å². The second-order valence-corrected chi connectivity index (χ2v) is 9.55. The number of allylic oxidation sites excluding steroid dienone is 4. The van der Waals surface area contributed by atoms with E-state index >= 15 is 0 Å². The van der Waals surface area contributed by atoms with Gasteiger partial charge in [-0.15, -0.1) is 5.10 Å². The molecule has 3 aromatic rings. The third-order valence-electron chi connectivity index (χ3n) is 6.95. The van der Waals surface area contributed by atoms with E-state index in [0.29, 0.717) is 48.4 Å². The number of carbonyl (C=O) groups excluding carboxylic acids is 1. The Morgan fingerprint density at radius 2 is 2.00 bits per heavy atom. The standard InChI is InChI=1S/C26H27F3N6O2/c1-17-13-33(16-30-17)22-9-8-19(12-23(22)37-3)20-14-35(32-31-20)25(2)11-10-18-6-4-5-7-21(18)34(24(25)36)15-26(27,28)29/h4,6,8-9,12-14,16H,5,7,10-11,15H2,1-3H3/t25-/m0/s1. The number of aromatic nitrogens is 5. The van der Waals surface area contributed by atoms with Crippen molar-refractivity contribution in [2.45, 2.75) is 51.2 Å². The second kappa shape index (κ2) is 9.20. The van der Waals surface area contributed by atoms with Gasteiger partial charge in [-0.3, -0.25) is 4.79 Å². The van der Waals surface area contributed by atoms with Gasteiger partial charge in [-0.1, -0.05) is 23.4 Å². The lowest BCUT2D eigenvalue weighted by atomic mass is 9.92. The normalized spacial score (nSPS) is 20.3. The van der Waals surface area contributed by atoms with E-state index in [-0.39, 0.29) is 0 Å². The van der Waals surface area contributed by atoms with Gasteiger partial charge in [0.05, 0.1) is 31.0 Å². The van der Waals surface area contributed by atoms with E-state index in [1.165, 1.54) is 4.68 Å². The fraction of sp³-hybridized carbons (Fsp3) is 0.385. The number of hydrogen-bond donors (Lipinski definition) is 0. The molecule has 3 heterocycles. The molecular formula is C26H27F3N6O2. The molecule has 0 spiro atoms. The zero-order valence-electron chi connectivity index (χ0n) is 20.8. The summed E-state index contributed by atoms with van der Waals surface area (Å²) in [5, 5.41) is 8.48. The first-order valence-electron chi connectivity index (χ1n) is 12.0. The molecule has 5 rings (SSSR count). The van der Waals surface area contributed by atoms with Crippen LogP contribution >= 0.6 is 0 Å². The van der Waals surface area contributed by atoms with E-state index in [2.05, 4.69) is 15.3 Å². The summed E-state index contributed by atoms with van der Waals surface area (Å²) in [6, 6.07) is 5.51. The second-order valence-electron chi connectivity index (χ2n) is 9.55. The van der Waals surface area contributed by atoms with E-state index in [9.17, 15) is 18.0 Å². The zero-order valence-corrected chi connectivity index (χ0v) is 20.8. The molecule has 0 saturated carbocycles. The molecule has 1 aliphatic carbocycles. The Morgan fingerprint density at radius 3 is 2.70 bits per heavy atom. The van der Waals surface area contributed by atoms with E-state index in [1.54, 1.807) is 32.6 Å². The predicted octanol–water partition coefficient (Wildman–Crippen LogP) is 4.95.